The summed E-state index contributed by atoms with van der Waals surface area (Å²) in [7, 11) is 0. The Morgan fingerprint density at radius 2 is 1.95 bits per heavy atom. The lowest BCUT2D eigenvalue weighted by Gasteiger charge is -2.04. The van der Waals surface area contributed by atoms with Gasteiger partial charge in [0.05, 0.1) is 11.6 Å². The summed E-state index contributed by atoms with van der Waals surface area (Å²) in [6.07, 6.45) is 1.74. The van der Waals surface area contributed by atoms with Gasteiger partial charge in [-0.2, -0.15) is 5.26 Å². The lowest BCUT2D eigenvalue weighted by atomic mass is 10.0. The second kappa shape index (κ2) is 6.92. The summed E-state index contributed by atoms with van der Waals surface area (Å²) in [4.78, 5) is 10.5. The highest BCUT2D eigenvalue weighted by Crippen LogP contribution is 2.20. The van der Waals surface area contributed by atoms with Crippen molar-refractivity contribution in [3.05, 3.63) is 65.7 Å². The maximum atomic E-state index is 10.5. The number of nitrogens with zero attached hydrogens (tertiary/aromatic N) is 1. The van der Waals surface area contributed by atoms with Gasteiger partial charge in [-0.1, -0.05) is 42.5 Å². The van der Waals surface area contributed by atoms with Crippen molar-refractivity contribution >= 4 is 17.6 Å². The molecule has 0 saturated heterocycles. The third-order valence-corrected chi connectivity index (χ3v) is 2.74. The minimum Gasteiger partial charge on any atom is -0.482 e. The standard InChI is InChI=1S/C17H13NO3/c18-11-15(14-6-2-1-3-7-14)9-13-5-4-8-16(10-13)21-12-17(19)20/h1-10H,12H2,(H,19,20)/b15-9-. The van der Waals surface area contributed by atoms with E-state index in [0.717, 1.165) is 11.1 Å². The predicted octanol–water partition coefficient (Wildman–Crippen LogP) is 3.21. The Morgan fingerprint density at radius 1 is 1.19 bits per heavy atom. The molecule has 104 valence electrons. The highest BCUT2D eigenvalue weighted by atomic mass is 16.5. The summed E-state index contributed by atoms with van der Waals surface area (Å²) in [5.41, 5.74) is 2.14. The van der Waals surface area contributed by atoms with Crippen LogP contribution in [0.5, 0.6) is 5.75 Å². The van der Waals surface area contributed by atoms with Crippen LogP contribution in [0.25, 0.3) is 11.6 Å². The number of nitriles is 1. The smallest absolute Gasteiger partial charge is 0.341 e. The molecule has 0 aromatic heterocycles. The first-order valence-corrected chi connectivity index (χ1v) is 6.31. The van der Waals surface area contributed by atoms with Gasteiger partial charge in [0.2, 0.25) is 0 Å². The number of hydrogen-bond acceptors (Lipinski definition) is 3. The van der Waals surface area contributed by atoms with Crippen LogP contribution in [0.15, 0.2) is 54.6 Å². The average Bonchev–Trinajstić information content (AvgIpc) is 2.52. The fourth-order valence-electron chi connectivity index (χ4n) is 1.80. The van der Waals surface area contributed by atoms with Crippen LogP contribution < -0.4 is 4.74 Å². The Labute approximate surface area is 122 Å². The van der Waals surface area contributed by atoms with Crippen LogP contribution in [0.2, 0.25) is 0 Å². The second-order valence-corrected chi connectivity index (χ2v) is 4.29. The van der Waals surface area contributed by atoms with E-state index >= 15 is 0 Å². The first-order chi connectivity index (χ1) is 10.2. The molecule has 0 bridgehead atoms. The van der Waals surface area contributed by atoms with Gasteiger partial charge in [-0.25, -0.2) is 4.79 Å². The number of aliphatic carboxylic acids is 1. The van der Waals surface area contributed by atoms with Crippen molar-refractivity contribution in [3.63, 3.8) is 0 Å². The number of carboxylic acids is 1. The van der Waals surface area contributed by atoms with Gasteiger partial charge in [0.15, 0.2) is 6.61 Å². The lowest BCUT2D eigenvalue weighted by Crippen LogP contribution is -2.09. The van der Waals surface area contributed by atoms with E-state index in [0.29, 0.717) is 11.3 Å². The zero-order valence-corrected chi connectivity index (χ0v) is 11.2. The van der Waals surface area contributed by atoms with E-state index in [1.807, 2.05) is 36.4 Å². The maximum absolute atomic E-state index is 10.5. The first kappa shape index (κ1) is 14.4. The fraction of sp³-hybridized carbons (Fsp3) is 0.0588. The van der Waals surface area contributed by atoms with Crippen LogP contribution >= 0.6 is 0 Å². The van der Waals surface area contributed by atoms with Crippen molar-refractivity contribution in [2.45, 2.75) is 0 Å². The Morgan fingerprint density at radius 3 is 2.62 bits per heavy atom. The van der Waals surface area contributed by atoms with Crippen molar-refractivity contribution in [1.29, 1.82) is 5.26 Å². The second-order valence-electron chi connectivity index (χ2n) is 4.29. The Bertz CT molecular complexity index is 699. The topological polar surface area (TPSA) is 70.3 Å². The molecule has 4 nitrogen and oxygen atoms in total. The summed E-state index contributed by atoms with van der Waals surface area (Å²) in [6, 6.07) is 18.5. The van der Waals surface area contributed by atoms with Gasteiger partial charge in [-0.3, -0.25) is 0 Å². The van der Waals surface area contributed by atoms with E-state index in [-0.39, 0.29) is 0 Å². The summed E-state index contributed by atoms with van der Waals surface area (Å²) in [5, 5.41) is 17.9. The first-order valence-electron chi connectivity index (χ1n) is 6.31. The molecule has 2 aromatic carbocycles. The molecule has 0 amide bonds. The molecule has 0 spiro atoms. The van der Waals surface area contributed by atoms with Gasteiger partial charge in [0.1, 0.15) is 5.75 Å². The van der Waals surface area contributed by atoms with Crippen molar-refractivity contribution in [2.75, 3.05) is 6.61 Å². The van der Waals surface area contributed by atoms with E-state index < -0.39 is 12.6 Å². The van der Waals surface area contributed by atoms with Gasteiger partial charge in [-0.15, -0.1) is 0 Å². The molecule has 0 aliphatic rings. The van der Waals surface area contributed by atoms with Crippen molar-refractivity contribution in [1.82, 2.24) is 0 Å². The SMILES string of the molecule is N#C/C(=C/c1cccc(OCC(=O)O)c1)c1ccccc1. The molecule has 2 rings (SSSR count). The molecule has 0 radical (unpaired) electrons. The van der Waals surface area contributed by atoms with Crippen LogP contribution in [0.4, 0.5) is 0 Å². The minimum absolute atomic E-state index is 0.392. The molecule has 2 aromatic rings. The summed E-state index contributed by atoms with van der Waals surface area (Å²) in [6.45, 7) is -0.392. The van der Waals surface area contributed by atoms with Crippen LogP contribution in [-0.2, 0) is 4.79 Å². The Hall–Kier alpha value is -3.06. The fourth-order valence-corrected chi connectivity index (χ4v) is 1.80. The number of hydrogen-bond donors (Lipinski definition) is 1. The quantitative estimate of drug-likeness (QED) is 0.674. The number of benzene rings is 2. The molecule has 0 atom stereocenters. The monoisotopic (exact) mass is 279 g/mol. The molecule has 0 unspecified atom stereocenters. The Kier molecular flexibility index (Phi) is 4.73. The van der Waals surface area contributed by atoms with E-state index in [1.54, 1.807) is 24.3 Å². The zero-order valence-electron chi connectivity index (χ0n) is 11.2. The average molecular weight is 279 g/mol. The van der Waals surface area contributed by atoms with E-state index in [2.05, 4.69) is 6.07 Å². The van der Waals surface area contributed by atoms with E-state index in [4.69, 9.17) is 9.84 Å². The number of rotatable bonds is 5. The van der Waals surface area contributed by atoms with Gasteiger partial charge in [0.25, 0.3) is 0 Å². The van der Waals surface area contributed by atoms with Crippen molar-refractivity contribution in [3.8, 4) is 11.8 Å². The minimum atomic E-state index is -1.03. The number of carbonyl (C=O) groups is 1. The van der Waals surface area contributed by atoms with E-state index in [9.17, 15) is 10.1 Å². The number of allylic oxidation sites excluding steroid dienone is 1. The molecule has 0 fully saturated rings. The normalized spacial score (nSPS) is 10.7. The summed E-state index contributed by atoms with van der Waals surface area (Å²) < 4.78 is 5.12. The molecule has 0 aliphatic heterocycles. The molecule has 21 heavy (non-hydrogen) atoms. The van der Waals surface area contributed by atoms with Gasteiger partial charge < -0.3 is 9.84 Å². The molecule has 0 aliphatic carbocycles. The largest absolute Gasteiger partial charge is 0.482 e. The van der Waals surface area contributed by atoms with Crippen LogP contribution in [0.1, 0.15) is 11.1 Å². The third-order valence-electron chi connectivity index (χ3n) is 2.74. The zero-order chi connectivity index (χ0) is 15.1. The third kappa shape index (κ3) is 4.22. The molecule has 0 saturated carbocycles. The molecule has 1 N–H and O–H groups in total. The van der Waals surface area contributed by atoms with Crippen LogP contribution in [0, 0.1) is 11.3 Å². The molecular weight excluding hydrogens is 266 g/mol. The van der Waals surface area contributed by atoms with E-state index in [1.165, 1.54) is 0 Å². The van der Waals surface area contributed by atoms with Crippen LogP contribution in [-0.4, -0.2) is 17.7 Å². The predicted molar refractivity (Wildman–Crippen MR) is 79.5 cm³/mol. The summed E-state index contributed by atoms with van der Waals surface area (Å²) in [5.74, 6) is -0.575. The highest BCUT2D eigenvalue weighted by Gasteiger charge is 2.02. The van der Waals surface area contributed by atoms with Gasteiger partial charge >= 0.3 is 5.97 Å². The number of ether oxygens (including phenoxy) is 1. The maximum Gasteiger partial charge on any atom is 0.341 e. The lowest BCUT2D eigenvalue weighted by molar-refractivity contribution is -0.139. The van der Waals surface area contributed by atoms with Crippen molar-refractivity contribution < 1.29 is 14.6 Å². The van der Waals surface area contributed by atoms with Gasteiger partial charge in [0, 0.05) is 0 Å². The van der Waals surface area contributed by atoms with Crippen molar-refractivity contribution in [2.24, 2.45) is 0 Å². The van der Waals surface area contributed by atoms with Gasteiger partial charge in [-0.05, 0) is 29.3 Å². The molecule has 4 heteroatoms. The molecule has 0 heterocycles. The number of carboxylic acid groups (broad SMARTS) is 1. The highest BCUT2D eigenvalue weighted by molar-refractivity contribution is 5.89. The van der Waals surface area contributed by atoms with Crippen LogP contribution in [0.3, 0.4) is 0 Å². The summed E-state index contributed by atoms with van der Waals surface area (Å²) >= 11 is 0. The Balaban J connectivity index is 2.25. The molecular formula is C17H13NO3.